The number of anilines is 1. The van der Waals surface area contributed by atoms with Gasteiger partial charge in [0.2, 0.25) is 0 Å². The number of para-hydroxylation sites is 1. The number of imide groups is 1. The van der Waals surface area contributed by atoms with Crippen LogP contribution < -0.4 is 19.7 Å². The Balaban J connectivity index is 1.40. The molecule has 3 amide bonds. The molecule has 0 bridgehead atoms. The van der Waals surface area contributed by atoms with Crippen LogP contribution in [-0.2, 0) is 0 Å². The van der Waals surface area contributed by atoms with Crippen molar-refractivity contribution >= 4 is 23.4 Å². The fourth-order valence-corrected chi connectivity index (χ4v) is 4.65. The Kier molecular flexibility index (Phi) is 6.22. The number of aryl methyl sites for hydroxylation is 1. The molecular weight excluding hydrogens is 456 g/mol. The van der Waals surface area contributed by atoms with E-state index in [0.717, 1.165) is 17.5 Å². The predicted octanol–water partition coefficient (Wildman–Crippen LogP) is 5.08. The molecule has 3 aromatic carbocycles. The standard InChI is InChI=1S/C29H28N2O5/c1-17(2)26(19-10-12-24-25(16-19)36-14-6-13-35-24)30-27(32)20-9-11-21-22(15-20)29(34)31(28(21)33)23-8-5-4-7-18(23)3/h4-5,7-12,15-17,26H,6,13-14H2,1-3H3,(H,30,32). The summed E-state index contributed by atoms with van der Waals surface area (Å²) in [5.74, 6) is 0.324. The van der Waals surface area contributed by atoms with E-state index in [2.05, 4.69) is 5.32 Å². The van der Waals surface area contributed by atoms with Crippen molar-refractivity contribution in [2.75, 3.05) is 18.1 Å². The molecule has 0 saturated heterocycles. The Bertz CT molecular complexity index is 1360. The number of hydrogen-bond acceptors (Lipinski definition) is 5. The second kappa shape index (κ2) is 9.49. The number of nitrogens with one attached hydrogen (secondary N) is 1. The van der Waals surface area contributed by atoms with Gasteiger partial charge in [0.25, 0.3) is 17.7 Å². The van der Waals surface area contributed by atoms with Crippen LogP contribution in [0.1, 0.15) is 68.5 Å². The van der Waals surface area contributed by atoms with Crippen molar-refractivity contribution in [3.8, 4) is 11.5 Å². The molecule has 1 unspecified atom stereocenters. The largest absolute Gasteiger partial charge is 0.490 e. The number of benzene rings is 3. The highest BCUT2D eigenvalue weighted by molar-refractivity contribution is 6.35. The van der Waals surface area contributed by atoms with Crippen LogP contribution in [0.4, 0.5) is 5.69 Å². The Morgan fingerprint density at radius 3 is 2.36 bits per heavy atom. The molecule has 0 saturated carbocycles. The fraction of sp³-hybridized carbons (Fsp3) is 0.276. The van der Waals surface area contributed by atoms with Crippen LogP contribution in [-0.4, -0.2) is 30.9 Å². The molecular formula is C29H28N2O5. The number of carbonyl (C=O) groups excluding carboxylic acids is 3. The molecule has 7 heteroatoms. The minimum absolute atomic E-state index is 0.0906. The highest BCUT2D eigenvalue weighted by Crippen LogP contribution is 2.35. The van der Waals surface area contributed by atoms with Crippen LogP contribution in [0.15, 0.2) is 60.7 Å². The summed E-state index contributed by atoms with van der Waals surface area (Å²) in [6.07, 6.45) is 0.815. The van der Waals surface area contributed by atoms with Gasteiger partial charge in [-0.15, -0.1) is 0 Å². The smallest absolute Gasteiger partial charge is 0.266 e. The molecule has 2 heterocycles. The van der Waals surface area contributed by atoms with Crippen LogP contribution in [0, 0.1) is 12.8 Å². The van der Waals surface area contributed by atoms with Gasteiger partial charge in [0.1, 0.15) is 0 Å². The first kappa shape index (κ1) is 23.6. The first-order valence-electron chi connectivity index (χ1n) is 12.1. The molecule has 184 valence electrons. The summed E-state index contributed by atoms with van der Waals surface area (Å²) >= 11 is 0. The van der Waals surface area contributed by atoms with E-state index in [1.165, 1.54) is 11.0 Å². The van der Waals surface area contributed by atoms with E-state index in [-0.39, 0.29) is 29.3 Å². The molecule has 5 rings (SSSR count). The summed E-state index contributed by atoms with van der Waals surface area (Å²) in [6.45, 7) is 7.09. The zero-order valence-corrected chi connectivity index (χ0v) is 20.5. The highest BCUT2D eigenvalue weighted by atomic mass is 16.5. The van der Waals surface area contributed by atoms with Crippen molar-refractivity contribution in [3.63, 3.8) is 0 Å². The third kappa shape index (κ3) is 4.21. The summed E-state index contributed by atoms with van der Waals surface area (Å²) in [7, 11) is 0. The van der Waals surface area contributed by atoms with Crippen molar-refractivity contribution in [1.29, 1.82) is 0 Å². The number of amides is 3. The van der Waals surface area contributed by atoms with Crippen molar-refractivity contribution in [3.05, 3.63) is 88.5 Å². The number of hydrogen-bond donors (Lipinski definition) is 1. The lowest BCUT2D eigenvalue weighted by Gasteiger charge is -2.24. The molecule has 1 N–H and O–H groups in total. The molecule has 0 fully saturated rings. The minimum atomic E-state index is -0.428. The van der Waals surface area contributed by atoms with Crippen molar-refractivity contribution < 1.29 is 23.9 Å². The Morgan fingerprint density at radius 2 is 1.61 bits per heavy atom. The molecule has 0 spiro atoms. The Morgan fingerprint density at radius 1 is 0.889 bits per heavy atom. The normalized spacial score (nSPS) is 15.5. The quantitative estimate of drug-likeness (QED) is 0.511. The first-order chi connectivity index (χ1) is 17.3. The van der Waals surface area contributed by atoms with Crippen molar-refractivity contribution in [1.82, 2.24) is 5.32 Å². The van der Waals surface area contributed by atoms with Crippen LogP contribution >= 0.6 is 0 Å². The van der Waals surface area contributed by atoms with E-state index in [1.807, 2.05) is 51.1 Å². The number of ether oxygens (including phenoxy) is 2. The average Bonchev–Trinajstić information content (AvgIpc) is 3.01. The van der Waals surface area contributed by atoms with Gasteiger partial charge in [-0.25, -0.2) is 4.90 Å². The maximum Gasteiger partial charge on any atom is 0.266 e. The van der Waals surface area contributed by atoms with E-state index in [9.17, 15) is 14.4 Å². The lowest BCUT2D eigenvalue weighted by atomic mass is 9.95. The monoisotopic (exact) mass is 484 g/mol. The topological polar surface area (TPSA) is 84.9 Å². The molecule has 0 aromatic heterocycles. The summed E-state index contributed by atoms with van der Waals surface area (Å²) in [5, 5.41) is 3.10. The molecule has 0 radical (unpaired) electrons. The fourth-order valence-electron chi connectivity index (χ4n) is 4.65. The minimum Gasteiger partial charge on any atom is -0.490 e. The van der Waals surface area contributed by atoms with E-state index >= 15 is 0 Å². The van der Waals surface area contributed by atoms with Gasteiger partial charge in [-0.2, -0.15) is 0 Å². The van der Waals surface area contributed by atoms with E-state index in [0.29, 0.717) is 41.5 Å². The number of carbonyl (C=O) groups is 3. The lowest BCUT2D eigenvalue weighted by Crippen LogP contribution is -2.32. The number of nitrogens with zero attached hydrogens (tertiary/aromatic N) is 1. The van der Waals surface area contributed by atoms with Crippen LogP contribution in [0.3, 0.4) is 0 Å². The molecule has 3 aromatic rings. The maximum atomic E-state index is 13.3. The average molecular weight is 485 g/mol. The molecule has 0 aliphatic carbocycles. The van der Waals surface area contributed by atoms with Crippen LogP contribution in [0.2, 0.25) is 0 Å². The predicted molar refractivity (Wildman–Crippen MR) is 136 cm³/mol. The third-order valence-corrected chi connectivity index (χ3v) is 6.59. The second-order valence-electron chi connectivity index (χ2n) is 9.44. The third-order valence-electron chi connectivity index (χ3n) is 6.59. The molecule has 2 aliphatic rings. The Hall–Kier alpha value is -4.13. The molecule has 36 heavy (non-hydrogen) atoms. The SMILES string of the molecule is Cc1ccccc1N1C(=O)c2ccc(C(=O)NC(c3ccc4c(c3)OCCCO4)C(C)C)cc2C1=O. The molecule has 1 atom stereocenters. The van der Waals surface area contributed by atoms with E-state index < -0.39 is 5.91 Å². The summed E-state index contributed by atoms with van der Waals surface area (Å²) in [5.41, 5.74) is 3.11. The maximum absolute atomic E-state index is 13.3. The van der Waals surface area contributed by atoms with Gasteiger partial charge in [0.15, 0.2) is 11.5 Å². The van der Waals surface area contributed by atoms with Crippen molar-refractivity contribution in [2.24, 2.45) is 5.92 Å². The van der Waals surface area contributed by atoms with Crippen LogP contribution in [0.5, 0.6) is 11.5 Å². The Labute approximate surface area is 210 Å². The highest BCUT2D eigenvalue weighted by Gasteiger charge is 2.38. The van der Waals surface area contributed by atoms with E-state index in [1.54, 1.807) is 24.3 Å². The van der Waals surface area contributed by atoms with Crippen molar-refractivity contribution in [2.45, 2.75) is 33.2 Å². The summed E-state index contributed by atoms with van der Waals surface area (Å²) < 4.78 is 11.6. The zero-order valence-electron chi connectivity index (χ0n) is 20.5. The van der Waals surface area contributed by atoms with E-state index in [4.69, 9.17) is 9.47 Å². The second-order valence-corrected chi connectivity index (χ2v) is 9.44. The van der Waals surface area contributed by atoms with Crippen LogP contribution in [0.25, 0.3) is 0 Å². The summed E-state index contributed by atoms with van der Waals surface area (Å²) in [6, 6.07) is 17.3. The van der Waals surface area contributed by atoms with Gasteiger partial charge in [0.05, 0.1) is 36.1 Å². The number of fused-ring (bicyclic) bond motifs is 2. The molecule has 2 aliphatic heterocycles. The van der Waals surface area contributed by atoms with Gasteiger partial charge in [-0.3, -0.25) is 14.4 Å². The van der Waals surface area contributed by atoms with Gasteiger partial charge in [-0.1, -0.05) is 38.1 Å². The van der Waals surface area contributed by atoms with Gasteiger partial charge >= 0.3 is 0 Å². The molecule has 7 nitrogen and oxygen atoms in total. The zero-order chi connectivity index (χ0) is 25.4. The number of rotatable bonds is 5. The lowest BCUT2D eigenvalue weighted by molar-refractivity contribution is 0.0917. The van der Waals surface area contributed by atoms with Gasteiger partial charge < -0.3 is 14.8 Å². The summed E-state index contributed by atoms with van der Waals surface area (Å²) in [4.78, 5) is 40.7. The van der Waals surface area contributed by atoms with Gasteiger partial charge in [-0.05, 0) is 60.4 Å². The van der Waals surface area contributed by atoms with Gasteiger partial charge in [0, 0.05) is 12.0 Å². The first-order valence-corrected chi connectivity index (χ1v) is 12.1.